The van der Waals surface area contributed by atoms with Gasteiger partial charge in [0, 0.05) is 37.9 Å². The molecule has 1 aromatic carbocycles. The van der Waals surface area contributed by atoms with Crippen molar-refractivity contribution >= 4 is 36.4 Å². The van der Waals surface area contributed by atoms with Gasteiger partial charge in [-0.1, -0.05) is 26.0 Å². The molecule has 0 spiro atoms. The molecule has 3 rings (SSSR count). The lowest BCUT2D eigenvalue weighted by atomic mass is 9.79. The van der Waals surface area contributed by atoms with Crippen molar-refractivity contribution in [2.45, 2.75) is 26.3 Å². The number of hydrogen-bond donors (Lipinski definition) is 1. The van der Waals surface area contributed by atoms with Crippen molar-refractivity contribution in [3.63, 3.8) is 0 Å². The number of piperidine rings is 1. The lowest BCUT2D eigenvalue weighted by Crippen LogP contribution is -2.54. The Morgan fingerprint density at radius 1 is 1.16 bits per heavy atom. The lowest BCUT2D eigenvalue weighted by molar-refractivity contribution is 0.0533. The molecule has 142 valence electrons. The second-order valence-electron chi connectivity index (χ2n) is 7.23. The van der Waals surface area contributed by atoms with Gasteiger partial charge in [-0.3, -0.25) is 4.79 Å². The molecular formula is C18H29Cl2N3O2. The number of para-hydroxylation sites is 1. The number of ether oxygens (including phenoxy) is 1. The van der Waals surface area contributed by atoms with Crippen LogP contribution >= 0.6 is 24.8 Å². The Hall–Kier alpha value is -1.01. The summed E-state index contributed by atoms with van der Waals surface area (Å²) in [5.41, 5.74) is 7.97. The molecule has 1 unspecified atom stereocenters. The van der Waals surface area contributed by atoms with Gasteiger partial charge >= 0.3 is 0 Å². The van der Waals surface area contributed by atoms with Crippen LogP contribution in [0.4, 0.5) is 5.69 Å². The number of halogens is 2. The van der Waals surface area contributed by atoms with E-state index in [1.807, 2.05) is 29.2 Å². The second-order valence-corrected chi connectivity index (χ2v) is 7.23. The summed E-state index contributed by atoms with van der Waals surface area (Å²) < 4.78 is 5.43. The highest BCUT2D eigenvalue weighted by Gasteiger charge is 2.36. The third-order valence-electron chi connectivity index (χ3n) is 5.09. The first kappa shape index (κ1) is 22.0. The smallest absolute Gasteiger partial charge is 0.255 e. The number of benzene rings is 1. The first-order valence-electron chi connectivity index (χ1n) is 8.45. The highest BCUT2D eigenvalue weighted by Crippen LogP contribution is 2.30. The molecule has 2 aliphatic rings. The van der Waals surface area contributed by atoms with E-state index < -0.39 is 0 Å². The number of nitrogens with zero attached hydrogens (tertiary/aromatic N) is 2. The summed E-state index contributed by atoms with van der Waals surface area (Å²) in [4.78, 5) is 17.3. The minimum atomic E-state index is -0.0399. The van der Waals surface area contributed by atoms with Crippen molar-refractivity contribution < 1.29 is 9.53 Å². The molecule has 0 radical (unpaired) electrons. The standard InChI is InChI=1S/C18H27N3O2.2ClH/c1-18(2)13-21(8-7-16(18)19)17(22)14-5-3-4-6-15(14)20-9-11-23-12-10-20;;/h3-6,16H,7-13,19H2,1-2H3;2*1H. The Morgan fingerprint density at radius 3 is 2.44 bits per heavy atom. The predicted molar refractivity (Wildman–Crippen MR) is 106 cm³/mol. The zero-order valence-electron chi connectivity index (χ0n) is 14.9. The molecule has 0 aromatic heterocycles. The predicted octanol–water partition coefficient (Wildman–Crippen LogP) is 2.57. The molecule has 0 bridgehead atoms. The molecule has 0 saturated carbocycles. The van der Waals surface area contributed by atoms with Crippen LogP contribution < -0.4 is 10.6 Å². The van der Waals surface area contributed by atoms with Crippen molar-refractivity contribution in [2.24, 2.45) is 11.1 Å². The van der Waals surface area contributed by atoms with Gasteiger partial charge in [-0.2, -0.15) is 0 Å². The van der Waals surface area contributed by atoms with E-state index in [1.54, 1.807) is 0 Å². The average molecular weight is 390 g/mol. The number of likely N-dealkylation sites (tertiary alicyclic amines) is 1. The van der Waals surface area contributed by atoms with Gasteiger partial charge in [0.05, 0.1) is 18.8 Å². The van der Waals surface area contributed by atoms with E-state index in [2.05, 4.69) is 18.7 Å². The van der Waals surface area contributed by atoms with E-state index in [0.717, 1.165) is 37.3 Å². The number of carbonyl (C=O) groups excluding carboxylic acids is 1. The van der Waals surface area contributed by atoms with E-state index in [4.69, 9.17) is 10.5 Å². The Morgan fingerprint density at radius 2 is 1.80 bits per heavy atom. The fraction of sp³-hybridized carbons (Fsp3) is 0.611. The molecule has 1 amide bonds. The summed E-state index contributed by atoms with van der Waals surface area (Å²) in [6, 6.07) is 8.07. The number of carbonyl (C=O) groups is 1. The largest absolute Gasteiger partial charge is 0.378 e. The summed E-state index contributed by atoms with van der Waals surface area (Å²) in [5.74, 6) is 0.118. The van der Waals surface area contributed by atoms with Crippen LogP contribution in [0.2, 0.25) is 0 Å². The fourth-order valence-corrected chi connectivity index (χ4v) is 3.45. The molecule has 2 heterocycles. The fourth-order valence-electron chi connectivity index (χ4n) is 3.45. The monoisotopic (exact) mass is 389 g/mol. The molecule has 2 fully saturated rings. The molecule has 0 aliphatic carbocycles. The van der Waals surface area contributed by atoms with Crippen molar-refractivity contribution in [1.29, 1.82) is 0 Å². The van der Waals surface area contributed by atoms with Crippen LogP contribution in [0.25, 0.3) is 0 Å². The first-order valence-corrected chi connectivity index (χ1v) is 8.45. The van der Waals surface area contributed by atoms with Crippen molar-refractivity contribution in [1.82, 2.24) is 4.90 Å². The second kappa shape index (κ2) is 9.08. The van der Waals surface area contributed by atoms with Crippen LogP contribution in [0.15, 0.2) is 24.3 Å². The van der Waals surface area contributed by atoms with Crippen LogP contribution in [-0.2, 0) is 4.74 Å². The summed E-state index contributed by atoms with van der Waals surface area (Å²) >= 11 is 0. The quantitative estimate of drug-likeness (QED) is 0.843. The van der Waals surface area contributed by atoms with Crippen molar-refractivity contribution in [3.8, 4) is 0 Å². The van der Waals surface area contributed by atoms with Crippen molar-refractivity contribution in [2.75, 3.05) is 44.3 Å². The number of nitrogens with two attached hydrogens (primary N) is 1. The maximum Gasteiger partial charge on any atom is 0.255 e. The minimum absolute atomic E-state index is 0. The first-order chi connectivity index (χ1) is 11.0. The van der Waals surface area contributed by atoms with Gasteiger partial charge in [-0.05, 0) is 24.0 Å². The van der Waals surface area contributed by atoms with E-state index in [-0.39, 0.29) is 42.2 Å². The van der Waals surface area contributed by atoms with E-state index in [0.29, 0.717) is 19.8 Å². The number of rotatable bonds is 2. The molecule has 5 nitrogen and oxygen atoms in total. The summed E-state index contributed by atoms with van der Waals surface area (Å²) in [6.45, 7) is 8.84. The Bertz CT molecular complexity index is 577. The lowest BCUT2D eigenvalue weighted by Gasteiger charge is -2.43. The van der Waals surface area contributed by atoms with Gasteiger partial charge in [0.1, 0.15) is 0 Å². The zero-order valence-corrected chi connectivity index (χ0v) is 16.6. The third-order valence-corrected chi connectivity index (χ3v) is 5.09. The van der Waals surface area contributed by atoms with E-state index in [1.165, 1.54) is 0 Å². The molecule has 2 saturated heterocycles. The van der Waals surface area contributed by atoms with Gasteiger partial charge in [0.15, 0.2) is 0 Å². The molecule has 2 N–H and O–H groups in total. The highest BCUT2D eigenvalue weighted by molar-refractivity contribution is 6.00. The van der Waals surface area contributed by atoms with E-state index >= 15 is 0 Å². The van der Waals surface area contributed by atoms with Crippen molar-refractivity contribution in [3.05, 3.63) is 29.8 Å². The molecule has 25 heavy (non-hydrogen) atoms. The van der Waals surface area contributed by atoms with Gasteiger partial charge in [-0.15, -0.1) is 24.8 Å². The normalized spacial score (nSPS) is 22.6. The summed E-state index contributed by atoms with van der Waals surface area (Å²) in [7, 11) is 0. The number of morpholine rings is 1. The van der Waals surface area contributed by atoms with Gasteiger partial charge in [0.25, 0.3) is 5.91 Å². The number of anilines is 1. The highest BCUT2D eigenvalue weighted by atomic mass is 35.5. The molecule has 7 heteroatoms. The Balaban J connectivity index is 0.00000156. The maximum atomic E-state index is 13.1. The third kappa shape index (κ3) is 4.79. The van der Waals surface area contributed by atoms with Gasteiger partial charge in [0.2, 0.25) is 0 Å². The van der Waals surface area contributed by atoms with Crippen LogP contribution in [0, 0.1) is 5.41 Å². The molecule has 1 aromatic rings. The molecular weight excluding hydrogens is 361 g/mol. The van der Waals surface area contributed by atoms with E-state index in [9.17, 15) is 4.79 Å². The average Bonchev–Trinajstić information content (AvgIpc) is 2.57. The van der Waals surface area contributed by atoms with Crippen LogP contribution in [0.1, 0.15) is 30.6 Å². The molecule has 2 aliphatic heterocycles. The molecule has 1 atom stereocenters. The number of hydrogen-bond acceptors (Lipinski definition) is 4. The summed E-state index contributed by atoms with van der Waals surface area (Å²) in [5, 5.41) is 0. The topological polar surface area (TPSA) is 58.8 Å². The van der Waals surface area contributed by atoms with Gasteiger partial charge in [-0.25, -0.2) is 0 Å². The SMILES string of the molecule is CC1(C)CN(C(=O)c2ccccc2N2CCOCC2)CCC1N.Cl.Cl. The van der Waals surface area contributed by atoms with Gasteiger partial charge < -0.3 is 20.3 Å². The minimum Gasteiger partial charge on any atom is -0.378 e. The van der Waals surface area contributed by atoms with Crippen LogP contribution in [0.5, 0.6) is 0 Å². The summed E-state index contributed by atoms with van der Waals surface area (Å²) in [6.07, 6.45) is 0.860. The van der Waals surface area contributed by atoms with Crippen LogP contribution in [0.3, 0.4) is 0 Å². The van der Waals surface area contributed by atoms with Crippen LogP contribution in [-0.4, -0.2) is 56.2 Å². The Labute approximate surface area is 162 Å². The maximum absolute atomic E-state index is 13.1. The number of amides is 1. The zero-order chi connectivity index (χ0) is 16.4. The Kier molecular flexibility index (Phi) is 8.00.